The van der Waals surface area contributed by atoms with E-state index in [1.54, 1.807) is 0 Å². The molecule has 1 aromatic heterocycles. The molecular formula is C15H20BN. The smallest absolute Gasteiger partial charge is 0.245 e. The van der Waals surface area contributed by atoms with Crippen LogP contribution in [0.3, 0.4) is 0 Å². The van der Waals surface area contributed by atoms with Crippen LogP contribution in [0.1, 0.15) is 31.5 Å². The third kappa shape index (κ3) is 2.04. The molecule has 0 aliphatic heterocycles. The Balaban J connectivity index is 2.62. The quantitative estimate of drug-likeness (QED) is 0.693. The minimum absolute atomic E-state index is 0.698. The van der Waals surface area contributed by atoms with E-state index in [1.165, 1.54) is 28.6 Å². The summed E-state index contributed by atoms with van der Waals surface area (Å²) in [6, 6.07) is 8.63. The van der Waals surface area contributed by atoms with Crippen LogP contribution in [0.25, 0.3) is 17.0 Å². The minimum atomic E-state index is 0.698. The molecule has 1 aromatic carbocycles. The Morgan fingerprint density at radius 1 is 1.41 bits per heavy atom. The molecule has 0 N–H and O–H groups in total. The van der Waals surface area contributed by atoms with Crippen molar-refractivity contribution < 1.29 is 0 Å². The topological polar surface area (TPSA) is 4.93 Å². The average molecular weight is 225 g/mol. The summed E-state index contributed by atoms with van der Waals surface area (Å²) in [4.78, 5) is 0. The molecule has 0 saturated heterocycles. The summed E-state index contributed by atoms with van der Waals surface area (Å²) in [6.45, 7) is 10.7. The SMILES string of the molecule is C=Cc1c(C)c2ccccc2n1BC(C)CC. The summed E-state index contributed by atoms with van der Waals surface area (Å²) in [5.74, 6) is 0.698. The van der Waals surface area contributed by atoms with Crippen LogP contribution in [-0.2, 0) is 0 Å². The first-order valence-corrected chi connectivity index (χ1v) is 6.39. The zero-order chi connectivity index (χ0) is 12.4. The molecule has 88 valence electrons. The van der Waals surface area contributed by atoms with Gasteiger partial charge in [0.05, 0.1) is 0 Å². The van der Waals surface area contributed by atoms with E-state index in [-0.39, 0.29) is 0 Å². The average Bonchev–Trinajstić information content (AvgIpc) is 2.63. The molecule has 0 amide bonds. The molecule has 0 fully saturated rings. The summed E-state index contributed by atoms with van der Waals surface area (Å²) in [5.41, 5.74) is 3.95. The van der Waals surface area contributed by atoms with E-state index in [2.05, 4.69) is 56.1 Å². The summed E-state index contributed by atoms with van der Waals surface area (Å²) >= 11 is 0. The maximum atomic E-state index is 3.96. The summed E-state index contributed by atoms with van der Waals surface area (Å²) in [5, 5.41) is 1.35. The molecule has 0 saturated carbocycles. The maximum absolute atomic E-state index is 3.96. The van der Waals surface area contributed by atoms with E-state index >= 15 is 0 Å². The third-order valence-electron chi connectivity index (χ3n) is 3.66. The Kier molecular flexibility index (Phi) is 3.42. The molecule has 0 bridgehead atoms. The predicted octanol–water partition coefficient (Wildman–Crippen LogP) is 4.01. The van der Waals surface area contributed by atoms with Crippen LogP contribution in [-0.4, -0.2) is 11.9 Å². The van der Waals surface area contributed by atoms with E-state index in [1.807, 2.05) is 6.08 Å². The van der Waals surface area contributed by atoms with Gasteiger partial charge in [-0.15, -0.1) is 0 Å². The van der Waals surface area contributed by atoms with Crippen molar-refractivity contribution in [2.75, 3.05) is 0 Å². The minimum Gasteiger partial charge on any atom is -0.389 e. The molecule has 17 heavy (non-hydrogen) atoms. The second kappa shape index (κ2) is 4.83. The highest BCUT2D eigenvalue weighted by Gasteiger charge is 2.13. The Morgan fingerprint density at radius 3 is 2.76 bits per heavy atom. The number of benzene rings is 1. The molecule has 2 heteroatoms. The number of aromatic nitrogens is 1. The Hall–Kier alpha value is -1.44. The lowest BCUT2D eigenvalue weighted by atomic mass is 9.74. The van der Waals surface area contributed by atoms with Crippen LogP contribution in [0, 0.1) is 6.92 Å². The van der Waals surface area contributed by atoms with Crippen molar-refractivity contribution in [2.45, 2.75) is 33.0 Å². The van der Waals surface area contributed by atoms with Crippen LogP contribution in [0.15, 0.2) is 30.8 Å². The van der Waals surface area contributed by atoms with E-state index in [0.717, 1.165) is 7.41 Å². The molecule has 1 heterocycles. The highest BCUT2D eigenvalue weighted by Crippen LogP contribution is 2.26. The predicted molar refractivity (Wildman–Crippen MR) is 79.0 cm³/mol. The van der Waals surface area contributed by atoms with Crippen molar-refractivity contribution in [2.24, 2.45) is 0 Å². The van der Waals surface area contributed by atoms with Gasteiger partial charge in [-0.3, -0.25) is 0 Å². The maximum Gasteiger partial charge on any atom is 0.245 e. The Labute approximate surface area is 104 Å². The van der Waals surface area contributed by atoms with Gasteiger partial charge in [0.25, 0.3) is 0 Å². The number of rotatable bonds is 4. The number of hydrogen-bond acceptors (Lipinski definition) is 0. The fourth-order valence-corrected chi connectivity index (χ4v) is 2.40. The van der Waals surface area contributed by atoms with E-state index in [0.29, 0.717) is 5.82 Å². The first-order chi connectivity index (χ1) is 8.19. The lowest BCUT2D eigenvalue weighted by Gasteiger charge is -2.12. The summed E-state index contributed by atoms with van der Waals surface area (Å²) in [7, 11) is 1.08. The van der Waals surface area contributed by atoms with Gasteiger partial charge < -0.3 is 4.48 Å². The van der Waals surface area contributed by atoms with Gasteiger partial charge in [-0.1, -0.05) is 45.0 Å². The van der Waals surface area contributed by atoms with Gasteiger partial charge in [0.2, 0.25) is 7.41 Å². The van der Waals surface area contributed by atoms with Crippen LogP contribution < -0.4 is 0 Å². The van der Waals surface area contributed by atoms with Gasteiger partial charge >= 0.3 is 0 Å². The molecule has 2 aromatic rings. The van der Waals surface area contributed by atoms with Gasteiger partial charge in [0.15, 0.2) is 0 Å². The number of para-hydroxylation sites is 1. The normalized spacial score (nSPS) is 12.6. The van der Waals surface area contributed by atoms with Crippen molar-refractivity contribution in [1.29, 1.82) is 0 Å². The van der Waals surface area contributed by atoms with Crippen LogP contribution in [0.5, 0.6) is 0 Å². The number of hydrogen-bond donors (Lipinski definition) is 0. The standard InChI is InChI=1S/C15H20BN/c1-5-11(3)16-17-14(6-2)12(4)13-9-7-8-10-15(13)17/h6-11,16H,2,5H2,1,3-4H3. The van der Waals surface area contributed by atoms with Gasteiger partial charge in [-0.25, -0.2) is 0 Å². The molecule has 1 nitrogen and oxygen atoms in total. The fraction of sp³-hybridized carbons (Fsp3) is 0.333. The van der Waals surface area contributed by atoms with Crippen molar-refractivity contribution in [3.63, 3.8) is 0 Å². The van der Waals surface area contributed by atoms with Gasteiger partial charge in [0.1, 0.15) is 0 Å². The summed E-state index contributed by atoms with van der Waals surface area (Å²) < 4.78 is 2.41. The zero-order valence-corrected chi connectivity index (χ0v) is 11.0. The molecule has 1 atom stereocenters. The number of aryl methyl sites for hydroxylation is 1. The molecule has 0 aliphatic rings. The van der Waals surface area contributed by atoms with Gasteiger partial charge in [0, 0.05) is 16.6 Å². The highest BCUT2D eigenvalue weighted by molar-refractivity contribution is 6.38. The van der Waals surface area contributed by atoms with E-state index in [4.69, 9.17) is 0 Å². The van der Waals surface area contributed by atoms with Crippen LogP contribution in [0.4, 0.5) is 0 Å². The van der Waals surface area contributed by atoms with Gasteiger partial charge in [-0.2, -0.15) is 0 Å². The van der Waals surface area contributed by atoms with Crippen molar-refractivity contribution in [3.8, 4) is 0 Å². The van der Waals surface area contributed by atoms with Crippen molar-refractivity contribution in [3.05, 3.63) is 42.1 Å². The first-order valence-electron chi connectivity index (χ1n) is 6.39. The molecule has 2 rings (SSSR count). The van der Waals surface area contributed by atoms with Crippen molar-refractivity contribution >= 4 is 24.4 Å². The fourth-order valence-electron chi connectivity index (χ4n) is 2.40. The molecular weight excluding hydrogens is 205 g/mol. The summed E-state index contributed by atoms with van der Waals surface area (Å²) in [6.07, 6.45) is 3.19. The second-order valence-electron chi connectivity index (χ2n) is 4.86. The van der Waals surface area contributed by atoms with Crippen LogP contribution >= 0.6 is 0 Å². The highest BCUT2D eigenvalue weighted by atomic mass is 14.9. The largest absolute Gasteiger partial charge is 0.389 e. The molecule has 0 radical (unpaired) electrons. The van der Waals surface area contributed by atoms with Gasteiger partial charge in [-0.05, 0) is 30.4 Å². The Morgan fingerprint density at radius 2 is 2.12 bits per heavy atom. The number of fused-ring (bicyclic) bond motifs is 1. The lowest BCUT2D eigenvalue weighted by molar-refractivity contribution is 0.855. The monoisotopic (exact) mass is 225 g/mol. The molecule has 0 aliphatic carbocycles. The first kappa shape index (κ1) is 12.0. The zero-order valence-electron chi connectivity index (χ0n) is 11.0. The van der Waals surface area contributed by atoms with E-state index in [9.17, 15) is 0 Å². The lowest BCUT2D eigenvalue weighted by Crippen LogP contribution is -2.12. The number of nitrogens with zero attached hydrogens (tertiary/aromatic N) is 1. The second-order valence-corrected chi connectivity index (χ2v) is 4.86. The van der Waals surface area contributed by atoms with Crippen molar-refractivity contribution in [1.82, 2.24) is 4.48 Å². The molecule has 0 spiro atoms. The molecule has 1 unspecified atom stereocenters. The van der Waals surface area contributed by atoms with Crippen LogP contribution in [0.2, 0.25) is 5.82 Å². The third-order valence-corrected chi connectivity index (χ3v) is 3.66. The van der Waals surface area contributed by atoms with E-state index < -0.39 is 0 Å². The Bertz CT molecular complexity index is 539.